The molecule has 0 aromatic rings. The fourth-order valence-electron chi connectivity index (χ4n) is 0.761. The maximum atomic E-state index is 10.4. The molecule has 11 heavy (non-hydrogen) atoms. The molecule has 0 rings (SSSR count). The van der Waals surface area contributed by atoms with Gasteiger partial charge in [-0.1, -0.05) is 12.2 Å². The van der Waals surface area contributed by atoms with Crippen LogP contribution in [0.4, 0.5) is 0 Å². The van der Waals surface area contributed by atoms with Crippen LogP contribution in [0.2, 0.25) is 0 Å². The lowest BCUT2D eigenvalue weighted by Crippen LogP contribution is -2.30. The van der Waals surface area contributed by atoms with Gasteiger partial charge in [-0.25, -0.2) is 0 Å². The second kappa shape index (κ2) is 5.92. The van der Waals surface area contributed by atoms with Crippen LogP contribution in [-0.4, -0.2) is 18.5 Å². The van der Waals surface area contributed by atoms with Crippen LogP contribution in [0.25, 0.3) is 0 Å². The maximum Gasteiger partial charge on any atom is 0.218 e. The standard InChI is InChI=1S/C8H16N2O/c1-3-4-5-10-7(2)6-8(9)11/h3-4,7,10H,5-6H2,1-2H3,(H2,9,11)/b4-3+. The molecule has 0 aliphatic rings. The molecule has 3 heteroatoms. The predicted molar refractivity (Wildman–Crippen MR) is 46.1 cm³/mol. The molecular formula is C8H16N2O. The van der Waals surface area contributed by atoms with E-state index < -0.39 is 0 Å². The summed E-state index contributed by atoms with van der Waals surface area (Å²) in [5.41, 5.74) is 5.00. The number of hydrogen-bond acceptors (Lipinski definition) is 2. The van der Waals surface area contributed by atoms with E-state index in [0.717, 1.165) is 6.54 Å². The van der Waals surface area contributed by atoms with Crippen LogP contribution < -0.4 is 11.1 Å². The van der Waals surface area contributed by atoms with E-state index in [1.165, 1.54) is 0 Å². The Morgan fingerprint density at radius 2 is 2.36 bits per heavy atom. The van der Waals surface area contributed by atoms with E-state index in [1.54, 1.807) is 0 Å². The summed E-state index contributed by atoms with van der Waals surface area (Å²) in [5.74, 6) is -0.259. The van der Waals surface area contributed by atoms with E-state index >= 15 is 0 Å². The number of hydrogen-bond donors (Lipinski definition) is 2. The summed E-state index contributed by atoms with van der Waals surface area (Å²) in [5, 5.41) is 3.13. The van der Waals surface area contributed by atoms with Crippen molar-refractivity contribution in [1.82, 2.24) is 5.32 Å². The fraction of sp³-hybridized carbons (Fsp3) is 0.625. The topological polar surface area (TPSA) is 55.1 Å². The zero-order valence-corrected chi connectivity index (χ0v) is 7.13. The van der Waals surface area contributed by atoms with Crippen molar-refractivity contribution < 1.29 is 4.79 Å². The summed E-state index contributed by atoms with van der Waals surface area (Å²) in [6.45, 7) is 4.69. The summed E-state index contributed by atoms with van der Waals surface area (Å²) in [6.07, 6.45) is 4.36. The van der Waals surface area contributed by atoms with Crippen molar-refractivity contribution in [3.05, 3.63) is 12.2 Å². The number of nitrogens with one attached hydrogen (secondary N) is 1. The van der Waals surface area contributed by atoms with Crippen LogP contribution in [0.1, 0.15) is 20.3 Å². The summed E-state index contributed by atoms with van der Waals surface area (Å²) in [7, 11) is 0. The summed E-state index contributed by atoms with van der Waals surface area (Å²) < 4.78 is 0. The summed E-state index contributed by atoms with van der Waals surface area (Å²) >= 11 is 0. The van der Waals surface area contributed by atoms with Crippen LogP contribution in [-0.2, 0) is 4.79 Å². The molecule has 0 aliphatic heterocycles. The lowest BCUT2D eigenvalue weighted by molar-refractivity contribution is -0.118. The predicted octanol–water partition coefficient (Wildman–Crippen LogP) is 0.416. The molecule has 3 N–H and O–H groups in total. The average molecular weight is 156 g/mol. The van der Waals surface area contributed by atoms with Crippen molar-refractivity contribution in [3.8, 4) is 0 Å². The number of nitrogens with two attached hydrogens (primary N) is 1. The molecule has 1 unspecified atom stereocenters. The van der Waals surface area contributed by atoms with Gasteiger partial charge in [0.1, 0.15) is 0 Å². The molecule has 0 fully saturated rings. The Balaban J connectivity index is 3.36. The highest BCUT2D eigenvalue weighted by molar-refractivity contribution is 5.74. The largest absolute Gasteiger partial charge is 0.370 e. The van der Waals surface area contributed by atoms with Crippen LogP contribution in [0.5, 0.6) is 0 Å². The lowest BCUT2D eigenvalue weighted by atomic mass is 10.2. The van der Waals surface area contributed by atoms with E-state index in [0.29, 0.717) is 6.42 Å². The zero-order chi connectivity index (χ0) is 8.69. The first-order chi connectivity index (χ1) is 5.16. The van der Waals surface area contributed by atoms with Gasteiger partial charge in [-0.15, -0.1) is 0 Å². The van der Waals surface area contributed by atoms with Crippen molar-refractivity contribution in [1.29, 1.82) is 0 Å². The average Bonchev–Trinajstić information content (AvgIpc) is 1.86. The van der Waals surface area contributed by atoms with Crippen LogP contribution in [0.3, 0.4) is 0 Å². The minimum Gasteiger partial charge on any atom is -0.370 e. The molecule has 0 aromatic carbocycles. The van der Waals surface area contributed by atoms with Crippen LogP contribution in [0.15, 0.2) is 12.2 Å². The maximum absolute atomic E-state index is 10.4. The molecular weight excluding hydrogens is 140 g/mol. The molecule has 0 saturated heterocycles. The number of rotatable bonds is 5. The Labute approximate surface area is 67.7 Å². The minimum atomic E-state index is -0.259. The summed E-state index contributed by atoms with van der Waals surface area (Å²) in [4.78, 5) is 10.4. The van der Waals surface area contributed by atoms with Gasteiger partial charge in [0.2, 0.25) is 5.91 Å². The van der Waals surface area contributed by atoms with Gasteiger partial charge in [0.05, 0.1) is 0 Å². The molecule has 0 aliphatic carbocycles. The molecule has 0 spiro atoms. The molecule has 64 valence electrons. The number of allylic oxidation sites excluding steroid dienone is 1. The summed E-state index contributed by atoms with van der Waals surface area (Å²) in [6, 6.07) is 0.170. The first-order valence-corrected chi connectivity index (χ1v) is 3.79. The van der Waals surface area contributed by atoms with Gasteiger partial charge >= 0.3 is 0 Å². The second-order valence-electron chi connectivity index (χ2n) is 2.55. The third kappa shape index (κ3) is 7.06. The molecule has 1 atom stereocenters. The zero-order valence-electron chi connectivity index (χ0n) is 7.13. The minimum absolute atomic E-state index is 0.170. The molecule has 0 saturated carbocycles. The highest BCUT2D eigenvalue weighted by Crippen LogP contribution is 1.87. The highest BCUT2D eigenvalue weighted by atomic mass is 16.1. The van der Waals surface area contributed by atoms with Gasteiger partial charge in [0, 0.05) is 19.0 Å². The van der Waals surface area contributed by atoms with Gasteiger partial charge < -0.3 is 11.1 Å². The Morgan fingerprint density at radius 1 is 1.73 bits per heavy atom. The number of carbonyl (C=O) groups excluding carboxylic acids is 1. The van der Waals surface area contributed by atoms with Gasteiger partial charge in [-0.2, -0.15) is 0 Å². The Morgan fingerprint density at radius 3 is 2.82 bits per heavy atom. The van der Waals surface area contributed by atoms with E-state index in [2.05, 4.69) is 5.32 Å². The Kier molecular flexibility index (Phi) is 5.47. The van der Waals surface area contributed by atoms with Crippen molar-refractivity contribution >= 4 is 5.91 Å². The quantitative estimate of drug-likeness (QED) is 0.567. The second-order valence-corrected chi connectivity index (χ2v) is 2.55. The van der Waals surface area contributed by atoms with Crippen LogP contribution >= 0.6 is 0 Å². The normalized spacial score (nSPS) is 13.6. The monoisotopic (exact) mass is 156 g/mol. The fourth-order valence-corrected chi connectivity index (χ4v) is 0.761. The SMILES string of the molecule is C/C=C/CNC(C)CC(N)=O. The van der Waals surface area contributed by atoms with Crippen molar-refractivity contribution in [2.24, 2.45) is 5.73 Å². The van der Waals surface area contributed by atoms with Crippen LogP contribution in [0, 0.1) is 0 Å². The third-order valence-electron chi connectivity index (χ3n) is 1.33. The van der Waals surface area contributed by atoms with Gasteiger partial charge in [0.15, 0.2) is 0 Å². The lowest BCUT2D eigenvalue weighted by Gasteiger charge is -2.08. The van der Waals surface area contributed by atoms with Crippen molar-refractivity contribution in [2.45, 2.75) is 26.3 Å². The van der Waals surface area contributed by atoms with Crippen molar-refractivity contribution in [3.63, 3.8) is 0 Å². The van der Waals surface area contributed by atoms with Gasteiger partial charge in [-0.3, -0.25) is 4.79 Å². The van der Waals surface area contributed by atoms with E-state index in [1.807, 2.05) is 26.0 Å². The molecule has 0 bridgehead atoms. The molecule has 0 aromatic heterocycles. The highest BCUT2D eigenvalue weighted by Gasteiger charge is 2.02. The molecule has 1 amide bonds. The number of carbonyl (C=O) groups is 1. The van der Waals surface area contributed by atoms with Crippen molar-refractivity contribution in [2.75, 3.05) is 6.54 Å². The van der Waals surface area contributed by atoms with E-state index in [-0.39, 0.29) is 11.9 Å². The first-order valence-electron chi connectivity index (χ1n) is 3.79. The van der Waals surface area contributed by atoms with E-state index in [4.69, 9.17) is 5.73 Å². The van der Waals surface area contributed by atoms with Gasteiger partial charge in [-0.05, 0) is 13.8 Å². The van der Waals surface area contributed by atoms with E-state index in [9.17, 15) is 4.79 Å². The smallest absolute Gasteiger partial charge is 0.218 e. The number of primary amides is 1. The third-order valence-corrected chi connectivity index (χ3v) is 1.33. The molecule has 0 radical (unpaired) electrons. The number of amides is 1. The Hall–Kier alpha value is -0.830. The van der Waals surface area contributed by atoms with Gasteiger partial charge in [0.25, 0.3) is 0 Å². The first kappa shape index (κ1) is 10.2. The molecule has 3 nitrogen and oxygen atoms in total. The molecule has 0 heterocycles. The Bertz CT molecular complexity index is 143.